The number of amides is 1. The molecule has 2 aromatic heterocycles. The molecule has 0 radical (unpaired) electrons. The van der Waals surface area contributed by atoms with Crippen LogP contribution in [0.3, 0.4) is 0 Å². The van der Waals surface area contributed by atoms with Crippen molar-refractivity contribution in [1.29, 1.82) is 0 Å². The summed E-state index contributed by atoms with van der Waals surface area (Å²) in [5, 5.41) is 9.13. The van der Waals surface area contributed by atoms with Gasteiger partial charge in [-0.05, 0) is 36.8 Å². The minimum atomic E-state index is -0.744. The summed E-state index contributed by atoms with van der Waals surface area (Å²) in [5.74, 6) is -1.34. The summed E-state index contributed by atoms with van der Waals surface area (Å²) in [6.07, 6.45) is 4.98. The number of piperidine rings is 1. The summed E-state index contributed by atoms with van der Waals surface area (Å²) < 4.78 is 1.36. The first-order valence-corrected chi connectivity index (χ1v) is 8.00. The summed E-state index contributed by atoms with van der Waals surface area (Å²) in [6, 6.07) is 5.20. The van der Waals surface area contributed by atoms with E-state index in [0.717, 1.165) is 0 Å². The highest BCUT2D eigenvalue weighted by Gasteiger charge is 2.59. The third kappa shape index (κ3) is 2.19. The van der Waals surface area contributed by atoms with E-state index in [-0.39, 0.29) is 28.4 Å². The highest BCUT2D eigenvalue weighted by Crippen LogP contribution is 2.59. The highest BCUT2D eigenvalue weighted by molar-refractivity contribution is 5.94. The molecule has 1 unspecified atom stereocenters. The molecule has 2 aliphatic rings. The predicted octanol–water partition coefficient (Wildman–Crippen LogP) is 1.02. The molecule has 24 heavy (non-hydrogen) atoms. The topological polar surface area (TPSA) is 92.0 Å². The van der Waals surface area contributed by atoms with Crippen LogP contribution >= 0.6 is 0 Å². The van der Waals surface area contributed by atoms with Gasteiger partial charge in [0.2, 0.25) is 0 Å². The lowest BCUT2D eigenvalue weighted by Crippen LogP contribution is -2.42. The monoisotopic (exact) mass is 327 g/mol. The number of pyridine rings is 1. The number of hydrogen-bond acceptors (Lipinski definition) is 4. The number of carbonyl (C=O) groups is 2. The molecular formula is C17H17N3O4. The number of likely N-dealkylation sites (tertiary alicyclic amines) is 1. The maximum Gasteiger partial charge on any atom is 0.307 e. The fraction of sp³-hybridized carbons (Fsp3) is 0.412. The minimum Gasteiger partial charge on any atom is -0.481 e. The second-order valence-electron chi connectivity index (χ2n) is 6.66. The number of carboxylic acids is 1. The summed E-state index contributed by atoms with van der Waals surface area (Å²) in [5.41, 5.74) is 0.0409. The SMILES string of the molecule is O=C(O)C1CC12CCN(C(=O)c1cnc3ccccn3c1=O)CC2. The van der Waals surface area contributed by atoms with Gasteiger partial charge in [-0.15, -0.1) is 0 Å². The van der Waals surface area contributed by atoms with Crippen LogP contribution < -0.4 is 5.56 Å². The molecule has 7 heteroatoms. The Morgan fingerprint density at radius 1 is 1.25 bits per heavy atom. The molecule has 3 heterocycles. The van der Waals surface area contributed by atoms with E-state index in [1.165, 1.54) is 10.6 Å². The predicted molar refractivity (Wildman–Crippen MR) is 84.8 cm³/mol. The van der Waals surface area contributed by atoms with Crippen LogP contribution in [0, 0.1) is 11.3 Å². The van der Waals surface area contributed by atoms with Gasteiger partial charge in [0.25, 0.3) is 11.5 Å². The van der Waals surface area contributed by atoms with Crippen molar-refractivity contribution >= 4 is 17.5 Å². The molecule has 2 fully saturated rings. The molecule has 1 atom stereocenters. The zero-order chi connectivity index (χ0) is 16.9. The van der Waals surface area contributed by atoms with E-state index in [0.29, 0.717) is 38.0 Å². The molecule has 1 saturated carbocycles. The van der Waals surface area contributed by atoms with E-state index in [4.69, 9.17) is 5.11 Å². The van der Waals surface area contributed by atoms with Gasteiger partial charge in [-0.1, -0.05) is 6.07 Å². The molecule has 124 valence electrons. The molecule has 1 spiro atoms. The van der Waals surface area contributed by atoms with E-state index in [9.17, 15) is 14.4 Å². The van der Waals surface area contributed by atoms with Crippen LogP contribution in [0.4, 0.5) is 0 Å². The van der Waals surface area contributed by atoms with Crippen molar-refractivity contribution in [2.45, 2.75) is 19.3 Å². The number of hydrogen-bond donors (Lipinski definition) is 1. The number of carboxylic acid groups (broad SMARTS) is 1. The largest absolute Gasteiger partial charge is 0.481 e. The second kappa shape index (κ2) is 5.15. The second-order valence-corrected chi connectivity index (χ2v) is 6.66. The zero-order valence-corrected chi connectivity index (χ0v) is 13.0. The molecule has 7 nitrogen and oxygen atoms in total. The number of carbonyl (C=O) groups excluding carboxylic acids is 1. The number of nitrogens with zero attached hydrogens (tertiary/aromatic N) is 3. The lowest BCUT2D eigenvalue weighted by atomic mass is 9.90. The Morgan fingerprint density at radius 3 is 2.67 bits per heavy atom. The molecule has 4 rings (SSSR count). The van der Waals surface area contributed by atoms with E-state index in [2.05, 4.69) is 4.98 Å². The maximum atomic E-state index is 12.7. The van der Waals surface area contributed by atoms with E-state index in [1.54, 1.807) is 29.3 Å². The van der Waals surface area contributed by atoms with Crippen molar-refractivity contribution in [3.05, 3.63) is 46.5 Å². The molecule has 0 bridgehead atoms. The fourth-order valence-electron chi connectivity index (χ4n) is 3.75. The summed E-state index contributed by atoms with van der Waals surface area (Å²) in [6.45, 7) is 0.971. The van der Waals surface area contributed by atoms with Gasteiger partial charge < -0.3 is 10.0 Å². The van der Waals surface area contributed by atoms with Gasteiger partial charge in [-0.3, -0.25) is 18.8 Å². The van der Waals surface area contributed by atoms with Crippen LogP contribution in [0.2, 0.25) is 0 Å². The lowest BCUT2D eigenvalue weighted by molar-refractivity contribution is -0.139. The average molecular weight is 327 g/mol. The van der Waals surface area contributed by atoms with Crippen molar-refractivity contribution in [3.8, 4) is 0 Å². The number of rotatable bonds is 2. The Hall–Kier alpha value is -2.70. The van der Waals surface area contributed by atoms with Gasteiger partial charge in [-0.2, -0.15) is 0 Å². The number of aliphatic carboxylic acids is 1. The Bertz CT molecular complexity index is 896. The van der Waals surface area contributed by atoms with Gasteiger partial charge in [-0.25, -0.2) is 4.98 Å². The van der Waals surface area contributed by atoms with Gasteiger partial charge in [0.1, 0.15) is 11.2 Å². The molecular weight excluding hydrogens is 310 g/mol. The molecule has 1 aliphatic heterocycles. The average Bonchev–Trinajstić information content (AvgIpc) is 3.29. The summed E-state index contributed by atoms with van der Waals surface area (Å²) in [7, 11) is 0. The van der Waals surface area contributed by atoms with Crippen LogP contribution in [-0.4, -0.2) is 44.4 Å². The standard InChI is InChI=1S/C17H17N3O4/c21-14(11-10-18-13-3-1-2-6-20(13)15(11)22)19-7-4-17(5-8-19)9-12(17)16(23)24/h1-3,6,10,12H,4-5,7-9H2,(H,23,24). The summed E-state index contributed by atoms with van der Waals surface area (Å²) in [4.78, 5) is 42.1. The van der Waals surface area contributed by atoms with Crippen LogP contribution in [0.1, 0.15) is 29.6 Å². The molecule has 1 aliphatic carbocycles. The molecule has 1 N–H and O–H groups in total. The van der Waals surface area contributed by atoms with Crippen molar-refractivity contribution in [1.82, 2.24) is 14.3 Å². The summed E-state index contributed by atoms with van der Waals surface area (Å²) >= 11 is 0. The number of aromatic nitrogens is 2. The van der Waals surface area contributed by atoms with E-state index >= 15 is 0 Å². The third-order valence-electron chi connectivity index (χ3n) is 5.38. The van der Waals surface area contributed by atoms with Gasteiger partial charge in [0.15, 0.2) is 0 Å². The maximum absolute atomic E-state index is 12.7. The fourth-order valence-corrected chi connectivity index (χ4v) is 3.75. The van der Waals surface area contributed by atoms with Crippen molar-refractivity contribution in [3.63, 3.8) is 0 Å². The van der Waals surface area contributed by atoms with Crippen molar-refractivity contribution in [2.75, 3.05) is 13.1 Å². The zero-order valence-electron chi connectivity index (χ0n) is 13.0. The Labute approximate surface area is 137 Å². The van der Waals surface area contributed by atoms with Crippen LogP contribution in [0.15, 0.2) is 35.4 Å². The number of fused-ring (bicyclic) bond motifs is 1. The Kier molecular flexibility index (Phi) is 3.19. The van der Waals surface area contributed by atoms with E-state index in [1.807, 2.05) is 0 Å². The third-order valence-corrected chi connectivity index (χ3v) is 5.38. The van der Waals surface area contributed by atoms with Crippen molar-refractivity contribution < 1.29 is 14.7 Å². The first kappa shape index (κ1) is 14.9. The van der Waals surface area contributed by atoms with Gasteiger partial charge in [0, 0.05) is 25.5 Å². The molecule has 0 aromatic carbocycles. The van der Waals surface area contributed by atoms with Crippen molar-refractivity contribution in [2.24, 2.45) is 11.3 Å². The Morgan fingerprint density at radius 2 is 2.00 bits per heavy atom. The first-order valence-electron chi connectivity index (χ1n) is 8.00. The van der Waals surface area contributed by atoms with Gasteiger partial charge >= 0.3 is 5.97 Å². The molecule has 2 aromatic rings. The molecule has 1 saturated heterocycles. The quantitative estimate of drug-likeness (QED) is 0.889. The smallest absolute Gasteiger partial charge is 0.307 e. The van der Waals surface area contributed by atoms with Crippen LogP contribution in [0.25, 0.3) is 5.65 Å². The van der Waals surface area contributed by atoms with Crippen LogP contribution in [-0.2, 0) is 4.79 Å². The Balaban J connectivity index is 1.54. The normalized spacial score (nSPS) is 21.8. The highest BCUT2D eigenvalue weighted by atomic mass is 16.4. The first-order chi connectivity index (χ1) is 11.5. The van der Waals surface area contributed by atoms with Crippen LogP contribution in [0.5, 0.6) is 0 Å². The van der Waals surface area contributed by atoms with Gasteiger partial charge in [0.05, 0.1) is 5.92 Å². The van der Waals surface area contributed by atoms with E-state index < -0.39 is 5.97 Å². The lowest BCUT2D eigenvalue weighted by Gasteiger charge is -2.32. The minimum absolute atomic E-state index is 0.0558. The molecule has 1 amide bonds.